The van der Waals surface area contributed by atoms with Gasteiger partial charge in [0.25, 0.3) is 0 Å². The summed E-state index contributed by atoms with van der Waals surface area (Å²) in [6.45, 7) is 2.21. The molecule has 7 heteroatoms. The summed E-state index contributed by atoms with van der Waals surface area (Å²) in [4.78, 5) is 23.5. The van der Waals surface area contributed by atoms with E-state index in [-0.39, 0.29) is 26.2 Å². The van der Waals surface area contributed by atoms with Crippen LogP contribution in [0.15, 0.2) is 54.6 Å². The Bertz CT molecular complexity index is 919. The molecular weight excluding hydrogens is 384 g/mol. The predicted molar refractivity (Wildman–Crippen MR) is 111 cm³/mol. The summed E-state index contributed by atoms with van der Waals surface area (Å²) in [6.07, 6.45) is 2.80. The fraction of sp³-hybridized carbons (Fsp3) is 0.261. The van der Waals surface area contributed by atoms with E-state index >= 15 is 0 Å². The highest BCUT2D eigenvalue weighted by molar-refractivity contribution is 5.87. The van der Waals surface area contributed by atoms with Crippen LogP contribution in [0.4, 0.5) is 0 Å². The van der Waals surface area contributed by atoms with Crippen molar-refractivity contribution in [3.05, 3.63) is 71.3 Å². The van der Waals surface area contributed by atoms with Crippen LogP contribution in [-0.4, -0.2) is 31.2 Å². The molecule has 0 aliphatic rings. The maximum absolute atomic E-state index is 12.0. The van der Waals surface area contributed by atoms with Crippen molar-refractivity contribution < 1.29 is 23.8 Å². The largest absolute Gasteiger partial charge is 0.491 e. The zero-order chi connectivity index (χ0) is 21.8. The Morgan fingerprint density at radius 2 is 1.93 bits per heavy atom. The third-order valence-corrected chi connectivity index (χ3v) is 3.95. The number of rotatable bonds is 10. The van der Waals surface area contributed by atoms with Gasteiger partial charge in [0.15, 0.2) is 0 Å². The van der Waals surface area contributed by atoms with Gasteiger partial charge in [-0.1, -0.05) is 30.3 Å². The standard InChI is InChI=1S/C23H24N2O5/c1-2-28-22(26)11-10-19-9-8-18(14-24)12-21(19)29-16-20(25)13-23(27)30-15-17-6-4-3-5-7-17/h3-12,20H,2,13,15-16,25H2,1H3. The second kappa shape index (κ2) is 12.0. The second-order valence-corrected chi connectivity index (χ2v) is 6.37. The number of carbonyl (C=O) groups excluding carboxylic acids is 2. The third kappa shape index (κ3) is 7.78. The Morgan fingerprint density at radius 3 is 2.63 bits per heavy atom. The van der Waals surface area contributed by atoms with Gasteiger partial charge in [0.2, 0.25) is 0 Å². The first-order valence-corrected chi connectivity index (χ1v) is 9.48. The molecule has 0 bridgehead atoms. The van der Waals surface area contributed by atoms with Crippen molar-refractivity contribution in [2.75, 3.05) is 13.2 Å². The van der Waals surface area contributed by atoms with Gasteiger partial charge in [-0.2, -0.15) is 5.26 Å². The van der Waals surface area contributed by atoms with E-state index in [9.17, 15) is 9.59 Å². The Hall–Kier alpha value is -3.63. The topological polar surface area (TPSA) is 112 Å². The van der Waals surface area contributed by atoms with Crippen LogP contribution < -0.4 is 10.5 Å². The summed E-state index contributed by atoms with van der Waals surface area (Å²) in [5, 5.41) is 9.11. The molecular formula is C23H24N2O5. The van der Waals surface area contributed by atoms with Crippen LogP contribution >= 0.6 is 0 Å². The van der Waals surface area contributed by atoms with Gasteiger partial charge >= 0.3 is 11.9 Å². The normalized spacial score (nSPS) is 11.5. The number of nitrogens with two attached hydrogens (primary N) is 1. The molecule has 0 aromatic heterocycles. The van der Waals surface area contributed by atoms with Crippen LogP contribution in [-0.2, 0) is 25.7 Å². The average molecular weight is 408 g/mol. The first-order chi connectivity index (χ1) is 14.5. The molecule has 0 saturated carbocycles. The average Bonchev–Trinajstić information content (AvgIpc) is 2.76. The number of hydrogen-bond acceptors (Lipinski definition) is 7. The molecule has 2 aromatic carbocycles. The van der Waals surface area contributed by atoms with E-state index in [1.165, 1.54) is 12.2 Å². The van der Waals surface area contributed by atoms with Gasteiger partial charge in [-0.25, -0.2) is 4.79 Å². The van der Waals surface area contributed by atoms with E-state index in [4.69, 9.17) is 25.2 Å². The molecule has 2 rings (SSSR count). The molecule has 156 valence electrons. The van der Waals surface area contributed by atoms with Crippen molar-refractivity contribution in [2.45, 2.75) is 26.0 Å². The van der Waals surface area contributed by atoms with E-state index in [2.05, 4.69) is 0 Å². The molecule has 0 fully saturated rings. The molecule has 1 atom stereocenters. The molecule has 0 amide bonds. The quantitative estimate of drug-likeness (QED) is 0.475. The van der Waals surface area contributed by atoms with Crippen LogP contribution in [0.3, 0.4) is 0 Å². The highest BCUT2D eigenvalue weighted by Crippen LogP contribution is 2.22. The second-order valence-electron chi connectivity index (χ2n) is 6.37. The molecule has 0 aliphatic heterocycles. The molecule has 0 heterocycles. The molecule has 0 saturated heterocycles. The fourth-order valence-corrected chi connectivity index (χ4v) is 2.48. The maximum Gasteiger partial charge on any atom is 0.330 e. The van der Waals surface area contributed by atoms with E-state index in [0.29, 0.717) is 16.9 Å². The molecule has 0 aliphatic carbocycles. The van der Waals surface area contributed by atoms with Crippen LogP contribution in [0.5, 0.6) is 5.75 Å². The minimum absolute atomic E-state index is 0.0151. The van der Waals surface area contributed by atoms with Gasteiger partial charge in [0.1, 0.15) is 19.0 Å². The minimum Gasteiger partial charge on any atom is -0.491 e. The van der Waals surface area contributed by atoms with Crippen LogP contribution in [0.25, 0.3) is 6.08 Å². The van der Waals surface area contributed by atoms with Crippen LogP contribution in [0, 0.1) is 11.3 Å². The number of hydrogen-bond donors (Lipinski definition) is 1. The lowest BCUT2D eigenvalue weighted by Gasteiger charge is -2.15. The zero-order valence-electron chi connectivity index (χ0n) is 16.7. The minimum atomic E-state index is -0.596. The Kier molecular flexibility index (Phi) is 9.10. The highest BCUT2D eigenvalue weighted by atomic mass is 16.5. The molecule has 7 nitrogen and oxygen atoms in total. The first kappa shape index (κ1) is 22.7. The van der Waals surface area contributed by atoms with Crippen LogP contribution in [0.2, 0.25) is 0 Å². The molecule has 0 spiro atoms. The maximum atomic E-state index is 12.0. The lowest BCUT2D eigenvalue weighted by atomic mass is 10.1. The smallest absolute Gasteiger partial charge is 0.330 e. The van der Waals surface area contributed by atoms with Crippen molar-refractivity contribution in [3.63, 3.8) is 0 Å². The molecule has 2 aromatic rings. The third-order valence-electron chi connectivity index (χ3n) is 3.95. The van der Waals surface area contributed by atoms with Crippen molar-refractivity contribution >= 4 is 18.0 Å². The number of carbonyl (C=O) groups is 2. The molecule has 1 unspecified atom stereocenters. The van der Waals surface area contributed by atoms with Gasteiger partial charge in [-0.3, -0.25) is 4.79 Å². The number of nitriles is 1. The SMILES string of the molecule is CCOC(=O)C=Cc1ccc(C#N)cc1OCC(N)CC(=O)OCc1ccccc1. The van der Waals surface area contributed by atoms with Gasteiger partial charge in [0, 0.05) is 17.7 Å². The lowest BCUT2D eigenvalue weighted by Crippen LogP contribution is -2.31. The number of ether oxygens (including phenoxy) is 3. The van der Waals surface area contributed by atoms with Crippen molar-refractivity contribution in [2.24, 2.45) is 5.73 Å². The highest BCUT2D eigenvalue weighted by Gasteiger charge is 2.13. The van der Waals surface area contributed by atoms with Crippen molar-refractivity contribution in [1.82, 2.24) is 0 Å². The first-order valence-electron chi connectivity index (χ1n) is 9.48. The predicted octanol–water partition coefficient (Wildman–Crippen LogP) is 2.97. The summed E-state index contributed by atoms with van der Waals surface area (Å²) in [7, 11) is 0. The summed E-state index contributed by atoms with van der Waals surface area (Å²) in [5.41, 5.74) is 7.86. The number of esters is 2. The Morgan fingerprint density at radius 1 is 1.17 bits per heavy atom. The van der Waals surface area contributed by atoms with Crippen LogP contribution in [0.1, 0.15) is 30.0 Å². The number of benzene rings is 2. The Balaban J connectivity index is 1.92. The Labute approximate surface area is 175 Å². The zero-order valence-corrected chi connectivity index (χ0v) is 16.7. The molecule has 30 heavy (non-hydrogen) atoms. The van der Waals surface area contributed by atoms with Gasteiger partial charge in [-0.15, -0.1) is 0 Å². The molecule has 2 N–H and O–H groups in total. The van der Waals surface area contributed by atoms with E-state index < -0.39 is 18.0 Å². The summed E-state index contributed by atoms with van der Waals surface area (Å²) in [5.74, 6) is -0.531. The fourth-order valence-electron chi connectivity index (χ4n) is 2.48. The number of nitrogens with zero attached hydrogens (tertiary/aromatic N) is 1. The summed E-state index contributed by atoms with van der Waals surface area (Å²) in [6, 6.07) is 15.6. The van der Waals surface area contributed by atoms with E-state index in [1.807, 2.05) is 36.4 Å². The molecule has 0 radical (unpaired) electrons. The monoisotopic (exact) mass is 408 g/mol. The summed E-state index contributed by atoms with van der Waals surface area (Å²) >= 11 is 0. The van der Waals surface area contributed by atoms with Gasteiger partial charge in [0.05, 0.1) is 24.7 Å². The van der Waals surface area contributed by atoms with E-state index in [0.717, 1.165) is 5.56 Å². The van der Waals surface area contributed by atoms with Gasteiger partial charge in [-0.05, 0) is 36.8 Å². The van der Waals surface area contributed by atoms with Crippen molar-refractivity contribution in [1.29, 1.82) is 5.26 Å². The van der Waals surface area contributed by atoms with E-state index in [1.54, 1.807) is 25.1 Å². The van der Waals surface area contributed by atoms with Crippen molar-refractivity contribution in [3.8, 4) is 11.8 Å². The lowest BCUT2D eigenvalue weighted by molar-refractivity contribution is -0.145. The summed E-state index contributed by atoms with van der Waals surface area (Å²) < 4.78 is 15.8. The van der Waals surface area contributed by atoms with Gasteiger partial charge < -0.3 is 19.9 Å².